The monoisotopic (exact) mass is 617 g/mol. The van der Waals surface area contributed by atoms with Gasteiger partial charge in [0.2, 0.25) is 5.88 Å². The predicted octanol–water partition coefficient (Wildman–Crippen LogP) is 6.41. The third kappa shape index (κ3) is 7.51. The lowest BCUT2D eigenvalue weighted by Crippen LogP contribution is -2.44. The minimum atomic E-state index is -0.890. The zero-order valence-electron chi connectivity index (χ0n) is 25.8. The number of hydrogen-bond donors (Lipinski definition) is 2. The number of hydrogen-bond acceptors (Lipinski definition) is 8. The fourth-order valence-corrected chi connectivity index (χ4v) is 4.91. The number of amides is 1. The van der Waals surface area contributed by atoms with E-state index in [0.717, 1.165) is 11.3 Å². The van der Waals surface area contributed by atoms with Crippen LogP contribution in [-0.4, -0.2) is 50.4 Å². The summed E-state index contributed by atoms with van der Waals surface area (Å²) in [5.41, 5.74) is 3.49. The van der Waals surface area contributed by atoms with Crippen LogP contribution in [0, 0.1) is 25.6 Å². The Kier molecular flexibility index (Phi) is 9.50. The third-order valence-electron chi connectivity index (χ3n) is 7.08. The third-order valence-corrected chi connectivity index (χ3v) is 7.08. The second-order valence-corrected chi connectivity index (χ2v) is 11.3. The molecule has 5 rings (SSSR count). The van der Waals surface area contributed by atoms with Crippen molar-refractivity contribution in [3.8, 4) is 17.4 Å². The standard InChI is InChI=1S/C33H36FN5O6/c1-19(2)13-26(38-33(41)43-17-23-9-7-6-8-10-23)32(40)44-21(4)16-42-28-15-39-30(22(28)5)31(35-18-36-39)45-27-12-11-25-24(29(27)34)14-20(3)37-25/h6-12,14-15,18-19,21,26,37H,13,16-17H2,1-5H3,(H,38,41)/t21-,26+/m1/s1. The summed E-state index contributed by atoms with van der Waals surface area (Å²) in [6.45, 7) is 9.34. The average molecular weight is 618 g/mol. The molecule has 2 aromatic carbocycles. The van der Waals surface area contributed by atoms with Gasteiger partial charge in [-0.15, -0.1) is 0 Å². The molecule has 2 atom stereocenters. The maximum absolute atomic E-state index is 15.2. The van der Waals surface area contributed by atoms with Crippen molar-refractivity contribution in [2.75, 3.05) is 6.61 Å². The number of nitrogens with one attached hydrogen (secondary N) is 2. The van der Waals surface area contributed by atoms with Crippen molar-refractivity contribution in [1.29, 1.82) is 0 Å². The topological polar surface area (TPSA) is 129 Å². The molecule has 2 N–H and O–H groups in total. The molecule has 0 aliphatic heterocycles. The minimum absolute atomic E-state index is 0.0259. The van der Waals surface area contributed by atoms with Crippen LogP contribution in [0.5, 0.6) is 17.4 Å². The van der Waals surface area contributed by atoms with Gasteiger partial charge < -0.3 is 29.2 Å². The quantitative estimate of drug-likeness (QED) is 0.154. The number of nitrogens with zero attached hydrogens (tertiary/aromatic N) is 3. The smallest absolute Gasteiger partial charge is 0.408 e. The lowest BCUT2D eigenvalue weighted by atomic mass is 10.0. The second kappa shape index (κ2) is 13.7. The molecular weight excluding hydrogens is 581 g/mol. The zero-order valence-corrected chi connectivity index (χ0v) is 25.8. The van der Waals surface area contributed by atoms with Crippen LogP contribution in [0.1, 0.15) is 44.0 Å². The SMILES string of the molecule is Cc1cc2c(F)c(Oc3ncnn4cc(OC[C@@H](C)OC(=O)[C@H](CC(C)C)NC(=O)OCc5ccccc5)c(C)c34)ccc2[nH]1. The van der Waals surface area contributed by atoms with E-state index in [-0.39, 0.29) is 30.8 Å². The van der Waals surface area contributed by atoms with Crippen LogP contribution < -0.4 is 14.8 Å². The number of carbonyl (C=O) groups excluding carboxylic acids is 2. The molecule has 0 spiro atoms. The zero-order chi connectivity index (χ0) is 32.1. The second-order valence-electron chi connectivity index (χ2n) is 11.3. The number of fused-ring (bicyclic) bond motifs is 2. The first kappa shape index (κ1) is 31.3. The summed E-state index contributed by atoms with van der Waals surface area (Å²) in [6, 6.07) is 13.4. The van der Waals surface area contributed by atoms with Crippen molar-refractivity contribution in [2.45, 2.75) is 59.8 Å². The number of carbonyl (C=O) groups is 2. The highest BCUT2D eigenvalue weighted by atomic mass is 19.1. The molecule has 12 heteroatoms. The molecule has 1 amide bonds. The molecule has 11 nitrogen and oxygen atoms in total. The van der Waals surface area contributed by atoms with E-state index in [0.29, 0.717) is 34.2 Å². The van der Waals surface area contributed by atoms with Crippen molar-refractivity contribution >= 4 is 28.5 Å². The summed E-state index contributed by atoms with van der Waals surface area (Å²) in [6.07, 6.45) is 1.97. The molecular formula is C33H36FN5O6. The Hall–Kier alpha value is -5.13. The van der Waals surface area contributed by atoms with Gasteiger partial charge in [-0.1, -0.05) is 44.2 Å². The predicted molar refractivity (Wildman–Crippen MR) is 165 cm³/mol. The Labute approximate surface area is 259 Å². The van der Waals surface area contributed by atoms with E-state index in [4.69, 9.17) is 18.9 Å². The highest BCUT2D eigenvalue weighted by molar-refractivity contribution is 5.83. The fraction of sp³-hybridized carbons (Fsp3) is 0.333. The van der Waals surface area contributed by atoms with Crippen molar-refractivity contribution in [2.24, 2.45) is 5.92 Å². The number of aromatic nitrogens is 4. The van der Waals surface area contributed by atoms with Gasteiger partial charge in [-0.05, 0) is 56.9 Å². The number of halogens is 1. The van der Waals surface area contributed by atoms with E-state index in [9.17, 15) is 9.59 Å². The van der Waals surface area contributed by atoms with E-state index < -0.39 is 30.0 Å². The summed E-state index contributed by atoms with van der Waals surface area (Å²) in [4.78, 5) is 32.8. The normalized spacial score (nSPS) is 12.7. The summed E-state index contributed by atoms with van der Waals surface area (Å²) in [5, 5.41) is 7.29. The first-order chi connectivity index (χ1) is 21.6. The van der Waals surface area contributed by atoms with Crippen molar-refractivity contribution in [3.63, 3.8) is 0 Å². The summed E-state index contributed by atoms with van der Waals surface area (Å²) in [7, 11) is 0. The Balaban J connectivity index is 1.21. The van der Waals surface area contributed by atoms with Crippen LogP contribution in [-0.2, 0) is 20.9 Å². The first-order valence-corrected chi connectivity index (χ1v) is 14.7. The molecule has 236 valence electrons. The van der Waals surface area contributed by atoms with Crippen LogP contribution in [0.4, 0.5) is 9.18 Å². The van der Waals surface area contributed by atoms with Gasteiger partial charge in [-0.2, -0.15) is 10.1 Å². The van der Waals surface area contributed by atoms with Crippen LogP contribution in [0.3, 0.4) is 0 Å². The van der Waals surface area contributed by atoms with Gasteiger partial charge in [-0.3, -0.25) is 0 Å². The molecule has 3 aromatic heterocycles. The van der Waals surface area contributed by atoms with Crippen LogP contribution in [0.15, 0.2) is 61.1 Å². The van der Waals surface area contributed by atoms with Crippen molar-refractivity contribution < 1.29 is 32.9 Å². The van der Waals surface area contributed by atoms with Crippen LogP contribution >= 0.6 is 0 Å². The number of esters is 1. The number of aromatic amines is 1. The minimum Gasteiger partial charge on any atom is -0.488 e. The number of aryl methyl sites for hydroxylation is 2. The van der Waals surface area contributed by atoms with Gasteiger partial charge in [0, 0.05) is 22.2 Å². The molecule has 0 saturated heterocycles. The van der Waals surface area contributed by atoms with Gasteiger partial charge in [0.25, 0.3) is 0 Å². The Morgan fingerprint density at radius 3 is 2.60 bits per heavy atom. The maximum Gasteiger partial charge on any atom is 0.408 e. The lowest BCUT2D eigenvalue weighted by molar-refractivity contribution is -0.152. The van der Waals surface area contributed by atoms with Crippen molar-refractivity contribution in [3.05, 3.63) is 83.7 Å². The molecule has 0 saturated carbocycles. The molecule has 3 heterocycles. The maximum atomic E-state index is 15.2. The molecule has 45 heavy (non-hydrogen) atoms. The average Bonchev–Trinajstić information content (AvgIpc) is 3.56. The van der Waals surface area contributed by atoms with E-state index in [1.54, 1.807) is 38.2 Å². The number of rotatable bonds is 12. The van der Waals surface area contributed by atoms with Gasteiger partial charge in [-0.25, -0.2) is 18.5 Å². The van der Waals surface area contributed by atoms with E-state index >= 15 is 4.39 Å². The number of benzene rings is 2. The van der Waals surface area contributed by atoms with Crippen LogP contribution in [0.25, 0.3) is 16.4 Å². The first-order valence-electron chi connectivity index (χ1n) is 14.7. The van der Waals surface area contributed by atoms with Crippen molar-refractivity contribution in [1.82, 2.24) is 24.9 Å². The Bertz CT molecular complexity index is 1800. The molecule has 0 bridgehead atoms. The molecule has 5 aromatic rings. The summed E-state index contributed by atoms with van der Waals surface area (Å²) in [5.74, 6) is -0.335. The number of ether oxygens (including phenoxy) is 4. The summed E-state index contributed by atoms with van der Waals surface area (Å²) >= 11 is 0. The number of alkyl carbamates (subject to hydrolysis) is 1. The van der Waals surface area contributed by atoms with Gasteiger partial charge in [0.05, 0.1) is 6.20 Å². The molecule has 0 aliphatic carbocycles. The van der Waals surface area contributed by atoms with E-state index in [1.807, 2.05) is 51.1 Å². The van der Waals surface area contributed by atoms with Gasteiger partial charge in [0.15, 0.2) is 11.6 Å². The molecule has 0 radical (unpaired) electrons. The Morgan fingerprint density at radius 1 is 1.07 bits per heavy atom. The van der Waals surface area contributed by atoms with Crippen LogP contribution in [0.2, 0.25) is 0 Å². The highest BCUT2D eigenvalue weighted by Gasteiger charge is 2.26. The van der Waals surface area contributed by atoms with E-state index in [1.165, 1.54) is 10.8 Å². The summed E-state index contributed by atoms with van der Waals surface area (Å²) < 4.78 is 39.6. The van der Waals surface area contributed by atoms with E-state index in [2.05, 4.69) is 20.4 Å². The molecule has 0 unspecified atom stereocenters. The largest absolute Gasteiger partial charge is 0.488 e. The molecule has 0 fully saturated rings. The number of H-pyrrole nitrogens is 1. The molecule has 0 aliphatic rings. The highest BCUT2D eigenvalue weighted by Crippen LogP contribution is 2.34. The Morgan fingerprint density at radius 2 is 1.84 bits per heavy atom. The van der Waals surface area contributed by atoms with Gasteiger partial charge >= 0.3 is 12.1 Å². The fourth-order valence-electron chi connectivity index (χ4n) is 4.91. The lowest BCUT2D eigenvalue weighted by Gasteiger charge is -2.22. The van der Waals surface area contributed by atoms with Gasteiger partial charge in [0.1, 0.15) is 43.0 Å².